The van der Waals surface area contributed by atoms with Crippen molar-refractivity contribution in [1.82, 2.24) is 0 Å². The molecule has 0 aromatic heterocycles. The van der Waals surface area contributed by atoms with E-state index in [9.17, 15) is 13.0 Å². The molecule has 0 radical (unpaired) electrons. The first-order valence-corrected chi connectivity index (χ1v) is 13.0. The average Bonchev–Trinajstić information content (AvgIpc) is 2.73. The first-order chi connectivity index (χ1) is 14.5. The van der Waals surface area contributed by atoms with Gasteiger partial charge in [-0.2, -0.15) is 8.42 Å². The SMILES string of the molecule is CCCCCCCCCCCCCCc1c(S(=O)(=O)O)cc2ccccc2c1OC. The van der Waals surface area contributed by atoms with E-state index in [-0.39, 0.29) is 4.90 Å². The second-order valence-corrected chi connectivity index (χ2v) is 9.61. The molecule has 0 spiro atoms. The van der Waals surface area contributed by atoms with Gasteiger partial charge in [-0.3, -0.25) is 4.55 Å². The topological polar surface area (TPSA) is 63.6 Å². The van der Waals surface area contributed by atoms with Crippen molar-refractivity contribution in [3.8, 4) is 5.75 Å². The molecule has 0 fully saturated rings. The van der Waals surface area contributed by atoms with Gasteiger partial charge in [0.15, 0.2) is 0 Å². The Labute approximate surface area is 182 Å². The predicted molar refractivity (Wildman–Crippen MR) is 125 cm³/mol. The van der Waals surface area contributed by atoms with Gasteiger partial charge >= 0.3 is 0 Å². The molecule has 0 aliphatic carbocycles. The van der Waals surface area contributed by atoms with Crippen molar-refractivity contribution in [3.63, 3.8) is 0 Å². The number of hydrogen-bond acceptors (Lipinski definition) is 3. The Morgan fingerprint density at radius 3 is 1.90 bits per heavy atom. The van der Waals surface area contributed by atoms with Crippen molar-refractivity contribution in [1.29, 1.82) is 0 Å². The van der Waals surface area contributed by atoms with E-state index in [1.165, 1.54) is 57.8 Å². The Morgan fingerprint density at radius 1 is 0.833 bits per heavy atom. The van der Waals surface area contributed by atoms with Crippen LogP contribution in [0, 0.1) is 0 Å². The summed E-state index contributed by atoms with van der Waals surface area (Å²) in [6, 6.07) is 9.07. The van der Waals surface area contributed by atoms with Gasteiger partial charge in [0.25, 0.3) is 10.1 Å². The Balaban J connectivity index is 1.84. The van der Waals surface area contributed by atoms with Crippen LogP contribution in [-0.2, 0) is 16.5 Å². The van der Waals surface area contributed by atoms with E-state index >= 15 is 0 Å². The maximum Gasteiger partial charge on any atom is 0.294 e. The second-order valence-electron chi connectivity index (χ2n) is 8.22. The van der Waals surface area contributed by atoms with Gasteiger partial charge in [-0.05, 0) is 24.3 Å². The van der Waals surface area contributed by atoms with Crippen molar-refractivity contribution in [2.75, 3.05) is 7.11 Å². The molecular formula is C25H38O4S. The first kappa shape index (κ1) is 24.7. The molecule has 168 valence electrons. The third-order valence-electron chi connectivity index (χ3n) is 5.83. The third kappa shape index (κ3) is 7.59. The highest BCUT2D eigenvalue weighted by molar-refractivity contribution is 7.85. The number of hydrogen-bond donors (Lipinski definition) is 1. The largest absolute Gasteiger partial charge is 0.496 e. The number of benzene rings is 2. The Hall–Kier alpha value is -1.59. The molecule has 0 amide bonds. The van der Waals surface area contributed by atoms with Crippen LogP contribution >= 0.6 is 0 Å². The molecule has 4 nitrogen and oxygen atoms in total. The van der Waals surface area contributed by atoms with E-state index in [0.717, 1.165) is 30.0 Å². The van der Waals surface area contributed by atoms with Crippen LogP contribution in [0.15, 0.2) is 35.2 Å². The van der Waals surface area contributed by atoms with Gasteiger partial charge in [-0.25, -0.2) is 0 Å². The lowest BCUT2D eigenvalue weighted by Gasteiger charge is -2.15. The van der Waals surface area contributed by atoms with E-state index < -0.39 is 10.1 Å². The summed E-state index contributed by atoms with van der Waals surface area (Å²) in [7, 11) is -2.75. The van der Waals surface area contributed by atoms with E-state index in [1.54, 1.807) is 13.2 Å². The molecular weight excluding hydrogens is 396 g/mol. The fraction of sp³-hybridized carbons (Fsp3) is 0.600. The lowest BCUT2D eigenvalue weighted by molar-refractivity contribution is 0.410. The zero-order chi connectivity index (χ0) is 21.8. The Bertz CT molecular complexity index is 874. The summed E-state index contributed by atoms with van der Waals surface area (Å²) < 4.78 is 39.3. The third-order valence-corrected chi connectivity index (χ3v) is 6.75. The van der Waals surface area contributed by atoms with Gasteiger partial charge < -0.3 is 4.74 Å². The zero-order valence-corrected chi connectivity index (χ0v) is 19.5. The minimum Gasteiger partial charge on any atom is -0.496 e. The van der Waals surface area contributed by atoms with E-state index in [1.807, 2.05) is 24.3 Å². The van der Waals surface area contributed by atoms with Crippen LogP contribution in [-0.4, -0.2) is 20.1 Å². The average molecular weight is 435 g/mol. The molecule has 0 bridgehead atoms. The number of ether oxygens (including phenoxy) is 1. The van der Waals surface area contributed by atoms with Crippen LogP contribution in [0.25, 0.3) is 10.8 Å². The predicted octanol–water partition coefficient (Wildman–Crippen LogP) is 7.34. The molecule has 30 heavy (non-hydrogen) atoms. The van der Waals surface area contributed by atoms with E-state index in [0.29, 0.717) is 17.7 Å². The maximum absolute atomic E-state index is 12.0. The fourth-order valence-electron chi connectivity index (χ4n) is 4.18. The van der Waals surface area contributed by atoms with E-state index in [4.69, 9.17) is 4.74 Å². The molecule has 2 rings (SSSR count). The van der Waals surface area contributed by atoms with Crippen LogP contribution in [0.5, 0.6) is 5.75 Å². The van der Waals surface area contributed by atoms with Crippen LogP contribution in [0.4, 0.5) is 0 Å². The van der Waals surface area contributed by atoms with Gasteiger partial charge in [0.2, 0.25) is 0 Å². The zero-order valence-electron chi connectivity index (χ0n) is 18.7. The van der Waals surface area contributed by atoms with Gasteiger partial charge in [0.1, 0.15) is 10.6 Å². The second kappa shape index (κ2) is 13.0. The minimum absolute atomic E-state index is 0.0267. The molecule has 2 aromatic carbocycles. The van der Waals surface area contributed by atoms with Gasteiger partial charge in [-0.1, -0.05) is 102 Å². The summed E-state index contributed by atoms with van der Waals surface area (Å²) in [4.78, 5) is -0.0267. The van der Waals surface area contributed by atoms with Crippen LogP contribution in [0.1, 0.15) is 89.5 Å². The molecule has 0 saturated heterocycles. The number of rotatable bonds is 15. The highest BCUT2D eigenvalue weighted by Gasteiger charge is 2.21. The molecule has 0 saturated carbocycles. The van der Waals surface area contributed by atoms with Crippen LogP contribution in [0.3, 0.4) is 0 Å². The van der Waals surface area contributed by atoms with Crippen molar-refractivity contribution in [3.05, 3.63) is 35.9 Å². The Morgan fingerprint density at radius 2 is 1.37 bits per heavy atom. The molecule has 1 N–H and O–H groups in total. The lowest BCUT2D eigenvalue weighted by Crippen LogP contribution is -2.06. The molecule has 0 heterocycles. The van der Waals surface area contributed by atoms with Crippen molar-refractivity contribution >= 4 is 20.9 Å². The normalized spacial score (nSPS) is 11.8. The summed E-state index contributed by atoms with van der Waals surface area (Å²) in [5, 5.41) is 1.63. The lowest BCUT2D eigenvalue weighted by atomic mass is 9.99. The standard InChI is InChI=1S/C25H38O4S/c1-3-4-5-6-7-8-9-10-11-12-13-14-19-23-24(30(26,27)28)20-21-17-15-16-18-22(21)25(23)29-2/h15-18,20H,3-14,19H2,1-2H3,(H,26,27,28). The van der Waals surface area contributed by atoms with Gasteiger partial charge in [-0.15, -0.1) is 0 Å². The first-order valence-electron chi connectivity index (χ1n) is 11.5. The molecule has 0 unspecified atom stereocenters. The van der Waals surface area contributed by atoms with Crippen LogP contribution < -0.4 is 4.74 Å². The summed E-state index contributed by atoms with van der Waals surface area (Å²) >= 11 is 0. The molecule has 0 atom stereocenters. The number of unbranched alkanes of at least 4 members (excludes halogenated alkanes) is 11. The van der Waals surface area contributed by atoms with Gasteiger partial charge in [0, 0.05) is 10.9 Å². The van der Waals surface area contributed by atoms with Crippen LogP contribution in [0.2, 0.25) is 0 Å². The summed E-state index contributed by atoms with van der Waals surface area (Å²) in [6.45, 7) is 2.25. The number of fused-ring (bicyclic) bond motifs is 1. The summed E-state index contributed by atoms with van der Waals surface area (Å²) in [5.74, 6) is 0.559. The highest BCUT2D eigenvalue weighted by Crippen LogP contribution is 2.36. The summed E-state index contributed by atoms with van der Waals surface area (Å²) in [6.07, 6.45) is 15.6. The maximum atomic E-state index is 12.0. The highest BCUT2D eigenvalue weighted by atomic mass is 32.2. The van der Waals surface area contributed by atoms with Crippen molar-refractivity contribution in [2.45, 2.75) is 95.3 Å². The monoisotopic (exact) mass is 434 g/mol. The molecule has 2 aromatic rings. The smallest absolute Gasteiger partial charge is 0.294 e. The Kier molecular flexibility index (Phi) is 10.7. The van der Waals surface area contributed by atoms with E-state index in [2.05, 4.69) is 6.92 Å². The molecule has 5 heteroatoms. The fourth-order valence-corrected chi connectivity index (χ4v) is 4.96. The van der Waals surface area contributed by atoms with Crippen molar-refractivity contribution < 1.29 is 17.7 Å². The minimum atomic E-state index is -4.30. The number of methoxy groups -OCH3 is 1. The van der Waals surface area contributed by atoms with Gasteiger partial charge in [0.05, 0.1) is 7.11 Å². The molecule has 0 aliphatic rings. The quantitative estimate of drug-likeness (QED) is 0.235. The summed E-state index contributed by atoms with van der Waals surface area (Å²) in [5.41, 5.74) is 0.589. The van der Waals surface area contributed by atoms with Crippen molar-refractivity contribution in [2.24, 2.45) is 0 Å². The molecule has 0 aliphatic heterocycles.